The molecule has 0 aromatic rings. The number of hydrogen-bond donors (Lipinski definition) is 4. The number of carboxylic acids is 4. The number of hydrogen-bond acceptors (Lipinski definition) is 4. The second-order valence-electron chi connectivity index (χ2n) is 3.55. The first-order valence-corrected chi connectivity index (χ1v) is 6.39. The molecule has 0 heterocycles. The molecule has 0 aromatic carbocycles. The van der Waals surface area contributed by atoms with Crippen molar-refractivity contribution in [3.63, 3.8) is 0 Å². The minimum Gasteiger partial charge on any atom is -0.481 e. The summed E-state index contributed by atoms with van der Waals surface area (Å²) in [7, 11) is 0. The fourth-order valence-corrected chi connectivity index (χ4v) is 0.494. The zero-order chi connectivity index (χ0) is 20.0. The Hall–Kier alpha value is -2.94. The molecule has 0 radical (unpaired) electrons. The zero-order valence-corrected chi connectivity index (χ0v) is 13.4. The fraction of sp³-hybridized carbons (Fsp3) is 0.250. The minimum atomic E-state index is -0.829. The van der Waals surface area contributed by atoms with E-state index in [1.807, 2.05) is 0 Å². The summed E-state index contributed by atoms with van der Waals surface area (Å²) in [5.41, 5.74) is 0. The summed E-state index contributed by atoms with van der Waals surface area (Å²) >= 11 is 0. The third-order valence-electron chi connectivity index (χ3n) is 1.28. The first-order chi connectivity index (χ1) is 11.1. The lowest BCUT2D eigenvalue weighted by atomic mass is 10.4. The van der Waals surface area contributed by atoms with Crippen LogP contribution in [-0.4, -0.2) is 55.3 Å². The van der Waals surface area contributed by atoms with Gasteiger partial charge in [0.1, 0.15) is 0 Å². The molecule has 144 valence electrons. The standard InChI is InChI=1S/4C4H6O2.H4Si/c4*1-2-3-4(5)6;/h4*2H,1,3H2,(H,5,6);1H4. The van der Waals surface area contributed by atoms with Crippen molar-refractivity contribution in [2.45, 2.75) is 25.7 Å². The Morgan fingerprint density at radius 2 is 0.640 bits per heavy atom. The molecule has 0 spiro atoms. The van der Waals surface area contributed by atoms with E-state index in [9.17, 15) is 19.2 Å². The highest BCUT2D eigenvalue weighted by Gasteiger charge is 1.85. The highest BCUT2D eigenvalue weighted by Crippen LogP contribution is 1.75. The topological polar surface area (TPSA) is 149 Å². The van der Waals surface area contributed by atoms with Gasteiger partial charge in [-0.3, -0.25) is 19.2 Å². The Balaban J connectivity index is -0.0000000702. The quantitative estimate of drug-likeness (QED) is 0.364. The number of aliphatic carboxylic acids is 4. The molecule has 0 saturated carbocycles. The first kappa shape index (κ1) is 33.6. The van der Waals surface area contributed by atoms with Crippen LogP contribution in [0.5, 0.6) is 0 Å². The van der Waals surface area contributed by atoms with Crippen molar-refractivity contribution in [2.24, 2.45) is 0 Å². The summed E-state index contributed by atoms with van der Waals surface area (Å²) in [4.78, 5) is 38.1. The first-order valence-electron chi connectivity index (χ1n) is 6.39. The molecular weight excluding hydrogens is 348 g/mol. The van der Waals surface area contributed by atoms with Gasteiger partial charge in [0.25, 0.3) is 0 Å². The van der Waals surface area contributed by atoms with Crippen LogP contribution >= 0.6 is 0 Å². The summed E-state index contributed by atoms with van der Waals surface area (Å²) in [6.07, 6.45) is 5.62. The van der Waals surface area contributed by atoms with Gasteiger partial charge in [-0.25, -0.2) is 0 Å². The lowest BCUT2D eigenvalue weighted by Gasteiger charge is -1.75. The van der Waals surface area contributed by atoms with Gasteiger partial charge in [0.15, 0.2) is 0 Å². The average Bonchev–Trinajstić information content (AvgIpc) is 2.39. The van der Waals surface area contributed by atoms with Crippen LogP contribution in [0.4, 0.5) is 0 Å². The van der Waals surface area contributed by atoms with Crippen molar-refractivity contribution in [2.75, 3.05) is 0 Å². The molecule has 0 fully saturated rings. The minimum absolute atomic E-state index is 0. The van der Waals surface area contributed by atoms with E-state index in [4.69, 9.17) is 20.4 Å². The Kier molecular flexibility index (Phi) is 39.1. The number of carboxylic acid groups (broad SMARTS) is 4. The van der Waals surface area contributed by atoms with Gasteiger partial charge in [-0.15, -0.1) is 26.3 Å². The fourth-order valence-electron chi connectivity index (χ4n) is 0.494. The van der Waals surface area contributed by atoms with Crippen molar-refractivity contribution in [3.8, 4) is 0 Å². The van der Waals surface area contributed by atoms with Gasteiger partial charge in [0.2, 0.25) is 0 Å². The van der Waals surface area contributed by atoms with Crippen molar-refractivity contribution in [1.29, 1.82) is 0 Å². The smallest absolute Gasteiger partial charge is 0.307 e. The molecule has 0 aromatic heterocycles. The second-order valence-corrected chi connectivity index (χ2v) is 3.55. The number of carbonyl (C=O) groups is 4. The van der Waals surface area contributed by atoms with E-state index in [-0.39, 0.29) is 36.6 Å². The third kappa shape index (κ3) is 93.2. The summed E-state index contributed by atoms with van der Waals surface area (Å²) in [5, 5.41) is 31.4. The molecule has 9 heteroatoms. The van der Waals surface area contributed by atoms with Crippen LogP contribution in [0.15, 0.2) is 50.6 Å². The second kappa shape index (κ2) is 29.1. The molecule has 8 nitrogen and oxygen atoms in total. The maximum absolute atomic E-state index is 9.53. The van der Waals surface area contributed by atoms with Gasteiger partial charge < -0.3 is 20.4 Å². The summed E-state index contributed by atoms with van der Waals surface area (Å²) in [5.74, 6) is -3.31. The normalized spacial score (nSPS) is 7.04. The number of rotatable bonds is 8. The molecule has 0 amide bonds. The summed E-state index contributed by atoms with van der Waals surface area (Å²) in [6.45, 7) is 12.9. The van der Waals surface area contributed by atoms with E-state index in [0.29, 0.717) is 0 Å². The lowest BCUT2D eigenvalue weighted by molar-refractivity contribution is -0.137. The summed E-state index contributed by atoms with van der Waals surface area (Å²) in [6, 6.07) is 0. The van der Waals surface area contributed by atoms with Crippen LogP contribution in [0.25, 0.3) is 0 Å². The van der Waals surface area contributed by atoms with Gasteiger partial charge >= 0.3 is 23.9 Å². The molecule has 0 aliphatic heterocycles. The predicted octanol–water partition coefficient (Wildman–Crippen LogP) is 1.14. The van der Waals surface area contributed by atoms with E-state index >= 15 is 0 Å². The lowest BCUT2D eigenvalue weighted by Crippen LogP contribution is -1.88. The molecule has 25 heavy (non-hydrogen) atoms. The molecule has 4 N–H and O–H groups in total. The Morgan fingerprint density at radius 1 is 0.520 bits per heavy atom. The molecule has 0 aliphatic carbocycles. The van der Waals surface area contributed by atoms with E-state index in [1.54, 1.807) is 0 Å². The van der Waals surface area contributed by atoms with Crippen LogP contribution in [0.1, 0.15) is 25.7 Å². The molecule has 0 atom stereocenters. The van der Waals surface area contributed by atoms with Crippen LogP contribution in [0, 0.1) is 0 Å². The maximum atomic E-state index is 9.53. The Labute approximate surface area is 151 Å². The summed E-state index contributed by atoms with van der Waals surface area (Å²) < 4.78 is 0. The van der Waals surface area contributed by atoms with Gasteiger partial charge in [-0.1, -0.05) is 24.3 Å². The van der Waals surface area contributed by atoms with E-state index < -0.39 is 23.9 Å². The SMILES string of the molecule is C=CCC(=O)O.C=CCC(=O)O.C=CCC(=O)O.C=CCC(=O)O.[SiH4]. The average molecular weight is 376 g/mol. The van der Waals surface area contributed by atoms with Gasteiger partial charge in [0, 0.05) is 0 Å². The maximum Gasteiger partial charge on any atom is 0.307 e. The largest absolute Gasteiger partial charge is 0.481 e. The molecule has 0 saturated heterocycles. The predicted molar refractivity (Wildman–Crippen MR) is 101 cm³/mol. The van der Waals surface area contributed by atoms with Gasteiger partial charge in [-0.2, -0.15) is 0 Å². The molecular formula is C16H28O8Si. The van der Waals surface area contributed by atoms with Gasteiger partial charge in [0.05, 0.1) is 25.7 Å². The highest BCUT2D eigenvalue weighted by atomic mass is 28.1. The van der Waals surface area contributed by atoms with Crippen LogP contribution in [-0.2, 0) is 19.2 Å². The van der Waals surface area contributed by atoms with Crippen molar-refractivity contribution < 1.29 is 39.6 Å². The Bertz CT molecular complexity index is 350. The van der Waals surface area contributed by atoms with Crippen LogP contribution < -0.4 is 0 Å². The highest BCUT2D eigenvalue weighted by molar-refractivity contribution is 5.75. The molecule has 0 rings (SSSR count). The van der Waals surface area contributed by atoms with Crippen molar-refractivity contribution in [1.82, 2.24) is 0 Å². The Morgan fingerprint density at radius 3 is 0.640 bits per heavy atom. The van der Waals surface area contributed by atoms with E-state index in [2.05, 4.69) is 26.3 Å². The van der Waals surface area contributed by atoms with Gasteiger partial charge in [-0.05, 0) is 11.0 Å². The van der Waals surface area contributed by atoms with E-state index in [0.717, 1.165) is 0 Å². The van der Waals surface area contributed by atoms with Crippen LogP contribution in [0.2, 0.25) is 0 Å². The van der Waals surface area contributed by atoms with Crippen LogP contribution in [0.3, 0.4) is 0 Å². The van der Waals surface area contributed by atoms with E-state index in [1.165, 1.54) is 24.3 Å². The van der Waals surface area contributed by atoms with Crippen molar-refractivity contribution in [3.05, 3.63) is 50.6 Å². The molecule has 0 bridgehead atoms. The molecule has 0 aliphatic rings. The third-order valence-corrected chi connectivity index (χ3v) is 1.28. The van der Waals surface area contributed by atoms with Crippen molar-refractivity contribution >= 4 is 34.8 Å². The molecule has 0 unspecified atom stereocenters. The monoisotopic (exact) mass is 376 g/mol. The zero-order valence-electron chi connectivity index (χ0n) is 13.4.